The Kier molecular flexibility index (Phi) is 4.98. The Bertz CT molecular complexity index is 336. The molecular formula is C11H19N3O2. The van der Waals surface area contributed by atoms with E-state index in [0.29, 0.717) is 13.0 Å². The first kappa shape index (κ1) is 12.7. The zero-order valence-corrected chi connectivity index (χ0v) is 9.81. The third-order valence-electron chi connectivity index (χ3n) is 2.46. The molecule has 0 aliphatic carbocycles. The van der Waals surface area contributed by atoms with E-state index in [1.165, 1.54) is 0 Å². The predicted molar refractivity (Wildman–Crippen MR) is 61.0 cm³/mol. The maximum Gasteiger partial charge on any atom is 0.320 e. The summed E-state index contributed by atoms with van der Waals surface area (Å²) in [6.07, 6.45) is 6.24. The van der Waals surface area contributed by atoms with Crippen LogP contribution in [-0.2, 0) is 18.4 Å². The van der Waals surface area contributed by atoms with Gasteiger partial charge in [0.2, 0.25) is 0 Å². The van der Waals surface area contributed by atoms with Crippen LogP contribution in [0.3, 0.4) is 0 Å². The van der Waals surface area contributed by atoms with Crippen molar-refractivity contribution in [3.63, 3.8) is 0 Å². The highest BCUT2D eigenvalue weighted by atomic mass is 16.4. The molecule has 16 heavy (non-hydrogen) atoms. The van der Waals surface area contributed by atoms with Crippen LogP contribution in [0.15, 0.2) is 12.4 Å². The van der Waals surface area contributed by atoms with E-state index in [2.05, 4.69) is 17.3 Å². The van der Waals surface area contributed by atoms with Crippen LogP contribution in [0.4, 0.5) is 0 Å². The molecule has 1 aromatic heterocycles. The van der Waals surface area contributed by atoms with Gasteiger partial charge in [0, 0.05) is 25.4 Å². The molecule has 0 bridgehead atoms. The molecule has 0 amide bonds. The fraction of sp³-hybridized carbons (Fsp3) is 0.636. The van der Waals surface area contributed by atoms with Gasteiger partial charge in [-0.05, 0) is 6.42 Å². The van der Waals surface area contributed by atoms with Crippen molar-refractivity contribution < 1.29 is 9.90 Å². The van der Waals surface area contributed by atoms with Crippen LogP contribution in [0.1, 0.15) is 31.7 Å². The SMILES string of the molecule is CCCCC(NCc1cnn(C)c1)C(=O)O. The van der Waals surface area contributed by atoms with E-state index < -0.39 is 12.0 Å². The summed E-state index contributed by atoms with van der Waals surface area (Å²) in [6.45, 7) is 2.61. The van der Waals surface area contributed by atoms with Gasteiger partial charge in [-0.1, -0.05) is 19.8 Å². The second-order valence-electron chi connectivity index (χ2n) is 3.94. The summed E-state index contributed by atoms with van der Waals surface area (Å²) >= 11 is 0. The van der Waals surface area contributed by atoms with Crippen LogP contribution >= 0.6 is 0 Å². The molecule has 1 unspecified atom stereocenters. The minimum Gasteiger partial charge on any atom is -0.480 e. The predicted octanol–water partition coefficient (Wildman–Crippen LogP) is 1.15. The van der Waals surface area contributed by atoms with Crippen LogP contribution in [0, 0.1) is 0 Å². The van der Waals surface area contributed by atoms with Gasteiger partial charge in [0.05, 0.1) is 6.20 Å². The van der Waals surface area contributed by atoms with Crippen molar-refractivity contribution >= 4 is 5.97 Å². The monoisotopic (exact) mass is 225 g/mol. The van der Waals surface area contributed by atoms with Gasteiger partial charge in [0.1, 0.15) is 6.04 Å². The van der Waals surface area contributed by atoms with Crippen molar-refractivity contribution in [1.82, 2.24) is 15.1 Å². The molecule has 0 saturated heterocycles. The number of aromatic nitrogens is 2. The van der Waals surface area contributed by atoms with Crippen LogP contribution < -0.4 is 5.32 Å². The van der Waals surface area contributed by atoms with Crippen molar-refractivity contribution in [2.24, 2.45) is 7.05 Å². The Hall–Kier alpha value is -1.36. The summed E-state index contributed by atoms with van der Waals surface area (Å²) in [7, 11) is 1.84. The number of carboxylic acid groups (broad SMARTS) is 1. The standard InChI is InChI=1S/C11H19N3O2/c1-3-4-5-10(11(15)16)12-6-9-7-13-14(2)8-9/h7-8,10,12H,3-6H2,1-2H3,(H,15,16). The number of nitrogens with zero attached hydrogens (tertiary/aromatic N) is 2. The quantitative estimate of drug-likeness (QED) is 0.730. The van der Waals surface area contributed by atoms with Crippen molar-refractivity contribution in [2.45, 2.75) is 38.8 Å². The number of carbonyl (C=O) groups is 1. The van der Waals surface area contributed by atoms with Crippen molar-refractivity contribution in [3.8, 4) is 0 Å². The Labute approximate surface area is 95.5 Å². The zero-order chi connectivity index (χ0) is 12.0. The minimum absolute atomic E-state index is 0.458. The zero-order valence-electron chi connectivity index (χ0n) is 9.81. The molecule has 5 heteroatoms. The minimum atomic E-state index is -0.780. The first-order valence-corrected chi connectivity index (χ1v) is 5.57. The molecular weight excluding hydrogens is 206 g/mol. The van der Waals surface area contributed by atoms with Gasteiger partial charge in [-0.25, -0.2) is 0 Å². The molecule has 1 atom stereocenters. The first-order chi connectivity index (χ1) is 7.63. The Morgan fingerprint density at radius 1 is 1.69 bits per heavy atom. The third-order valence-corrected chi connectivity index (χ3v) is 2.46. The lowest BCUT2D eigenvalue weighted by molar-refractivity contribution is -0.139. The van der Waals surface area contributed by atoms with Gasteiger partial charge in [-0.2, -0.15) is 5.10 Å². The topological polar surface area (TPSA) is 67.2 Å². The van der Waals surface area contributed by atoms with Gasteiger partial charge < -0.3 is 10.4 Å². The van der Waals surface area contributed by atoms with E-state index in [0.717, 1.165) is 18.4 Å². The summed E-state index contributed by atoms with van der Waals surface area (Å²) in [6, 6.07) is -0.458. The fourth-order valence-electron chi connectivity index (χ4n) is 1.53. The van der Waals surface area contributed by atoms with Crippen LogP contribution in [-0.4, -0.2) is 26.9 Å². The number of unbranched alkanes of at least 4 members (excludes halogenated alkanes) is 1. The smallest absolute Gasteiger partial charge is 0.320 e. The molecule has 1 heterocycles. The summed E-state index contributed by atoms with van der Waals surface area (Å²) in [5.41, 5.74) is 1.00. The van der Waals surface area contributed by atoms with Crippen LogP contribution in [0.25, 0.3) is 0 Å². The number of carboxylic acids is 1. The third kappa shape index (κ3) is 4.02. The molecule has 5 nitrogen and oxygen atoms in total. The molecule has 1 aromatic rings. The van der Waals surface area contributed by atoms with E-state index in [4.69, 9.17) is 5.11 Å². The van der Waals surface area contributed by atoms with Crippen molar-refractivity contribution in [1.29, 1.82) is 0 Å². The van der Waals surface area contributed by atoms with E-state index in [-0.39, 0.29) is 0 Å². The van der Waals surface area contributed by atoms with Crippen molar-refractivity contribution in [3.05, 3.63) is 18.0 Å². The number of nitrogens with one attached hydrogen (secondary N) is 1. The molecule has 0 radical (unpaired) electrons. The summed E-state index contributed by atoms with van der Waals surface area (Å²) in [5, 5.41) is 16.1. The van der Waals surface area contributed by atoms with Gasteiger partial charge in [-0.15, -0.1) is 0 Å². The maximum atomic E-state index is 10.9. The average molecular weight is 225 g/mol. The average Bonchev–Trinajstić information content (AvgIpc) is 2.64. The Balaban J connectivity index is 2.40. The largest absolute Gasteiger partial charge is 0.480 e. The second-order valence-corrected chi connectivity index (χ2v) is 3.94. The first-order valence-electron chi connectivity index (χ1n) is 5.57. The van der Waals surface area contributed by atoms with Gasteiger partial charge >= 0.3 is 5.97 Å². The number of aliphatic carboxylic acids is 1. The summed E-state index contributed by atoms with van der Waals surface area (Å²) in [5.74, 6) is -0.780. The van der Waals surface area contributed by atoms with Gasteiger partial charge in [-0.3, -0.25) is 9.48 Å². The van der Waals surface area contributed by atoms with Crippen LogP contribution in [0.5, 0.6) is 0 Å². The Morgan fingerprint density at radius 2 is 2.44 bits per heavy atom. The molecule has 0 saturated carbocycles. The molecule has 0 fully saturated rings. The van der Waals surface area contributed by atoms with Gasteiger partial charge in [0.15, 0.2) is 0 Å². The number of rotatable bonds is 7. The normalized spacial score (nSPS) is 12.6. The van der Waals surface area contributed by atoms with E-state index in [1.54, 1.807) is 10.9 Å². The molecule has 1 rings (SSSR count). The number of aryl methyl sites for hydroxylation is 1. The molecule has 0 aromatic carbocycles. The number of hydrogen-bond donors (Lipinski definition) is 2. The lowest BCUT2D eigenvalue weighted by atomic mass is 10.1. The lowest BCUT2D eigenvalue weighted by Crippen LogP contribution is -2.36. The Morgan fingerprint density at radius 3 is 2.94 bits per heavy atom. The molecule has 0 aliphatic heterocycles. The molecule has 0 aliphatic rings. The lowest BCUT2D eigenvalue weighted by Gasteiger charge is -2.12. The van der Waals surface area contributed by atoms with Gasteiger partial charge in [0.25, 0.3) is 0 Å². The summed E-state index contributed by atoms with van der Waals surface area (Å²) < 4.78 is 1.71. The number of hydrogen-bond acceptors (Lipinski definition) is 3. The van der Waals surface area contributed by atoms with E-state index in [9.17, 15) is 4.79 Å². The highest BCUT2D eigenvalue weighted by Gasteiger charge is 2.15. The van der Waals surface area contributed by atoms with E-state index >= 15 is 0 Å². The van der Waals surface area contributed by atoms with Crippen molar-refractivity contribution in [2.75, 3.05) is 0 Å². The molecule has 90 valence electrons. The fourth-order valence-corrected chi connectivity index (χ4v) is 1.53. The second kappa shape index (κ2) is 6.27. The van der Waals surface area contributed by atoms with Crippen LogP contribution in [0.2, 0.25) is 0 Å². The molecule has 0 spiro atoms. The molecule has 2 N–H and O–H groups in total. The van der Waals surface area contributed by atoms with E-state index in [1.807, 2.05) is 13.2 Å². The summed E-state index contributed by atoms with van der Waals surface area (Å²) in [4.78, 5) is 10.9. The maximum absolute atomic E-state index is 10.9. The highest BCUT2D eigenvalue weighted by molar-refractivity contribution is 5.73. The highest BCUT2D eigenvalue weighted by Crippen LogP contribution is 2.03.